The van der Waals surface area contributed by atoms with Crippen molar-refractivity contribution in [2.24, 2.45) is 0 Å². The van der Waals surface area contributed by atoms with E-state index < -0.39 is 5.82 Å². The molecule has 5 heteroatoms. The number of hydrogen-bond donors (Lipinski definition) is 2. The predicted molar refractivity (Wildman–Crippen MR) is 78.4 cm³/mol. The highest BCUT2D eigenvalue weighted by Crippen LogP contribution is 2.34. The number of benzene rings is 2. The second-order valence-electron chi connectivity index (χ2n) is 4.40. The maximum atomic E-state index is 13.5. The van der Waals surface area contributed by atoms with Crippen molar-refractivity contribution >= 4 is 17.1 Å². The molecule has 2 aromatic carbocycles. The number of halogens is 1. The molecule has 0 fully saturated rings. The molecule has 0 unspecified atom stereocenters. The summed E-state index contributed by atoms with van der Waals surface area (Å²) in [7, 11) is 3.00. The van der Waals surface area contributed by atoms with Gasteiger partial charge in [-0.15, -0.1) is 0 Å². The van der Waals surface area contributed by atoms with E-state index in [1.165, 1.54) is 19.2 Å². The van der Waals surface area contributed by atoms with Crippen molar-refractivity contribution in [3.05, 3.63) is 41.7 Å². The van der Waals surface area contributed by atoms with Crippen LogP contribution in [0.4, 0.5) is 21.5 Å². The first kappa shape index (κ1) is 14.0. The first-order valence-electron chi connectivity index (χ1n) is 6.10. The second-order valence-corrected chi connectivity index (χ2v) is 4.40. The molecule has 2 aromatic rings. The van der Waals surface area contributed by atoms with E-state index in [9.17, 15) is 4.39 Å². The van der Waals surface area contributed by atoms with Crippen molar-refractivity contribution in [3.63, 3.8) is 0 Å². The van der Waals surface area contributed by atoms with Crippen molar-refractivity contribution in [1.29, 1.82) is 0 Å². The maximum absolute atomic E-state index is 13.5. The molecule has 0 saturated heterocycles. The number of anilines is 3. The zero-order valence-corrected chi connectivity index (χ0v) is 11.7. The number of ether oxygens (including phenoxy) is 2. The minimum atomic E-state index is -0.494. The van der Waals surface area contributed by atoms with Crippen LogP contribution in [-0.2, 0) is 0 Å². The first-order chi connectivity index (χ1) is 9.55. The van der Waals surface area contributed by atoms with Crippen LogP contribution in [0.3, 0.4) is 0 Å². The molecule has 0 radical (unpaired) electrons. The van der Waals surface area contributed by atoms with Gasteiger partial charge in [0.2, 0.25) is 0 Å². The summed E-state index contributed by atoms with van der Waals surface area (Å²) in [5.41, 5.74) is 8.51. The zero-order valence-electron chi connectivity index (χ0n) is 11.7. The topological polar surface area (TPSA) is 56.5 Å². The normalized spacial score (nSPS) is 10.2. The first-order valence-corrected chi connectivity index (χ1v) is 6.10. The Kier molecular flexibility index (Phi) is 3.98. The van der Waals surface area contributed by atoms with Gasteiger partial charge in [-0.25, -0.2) is 4.39 Å². The van der Waals surface area contributed by atoms with Crippen LogP contribution in [0.5, 0.6) is 11.5 Å². The van der Waals surface area contributed by atoms with Crippen LogP contribution in [0, 0.1) is 12.7 Å². The molecule has 0 atom stereocenters. The fourth-order valence-electron chi connectivity index (χ4n) is 1.90. The summed E-state index contributed by atoms with van der Waals surface area (Å²) in [6.07, 6.45) is 0. The van der Waals surface area contributed by atoms with E-state index >= 15 is 0 Å². The van der Waals surface area contributed by atoms with Gasteiger partial charge in [-0.3, -0.25) is 0 Å². The third-order valence-electron chi connectivity index (χ3n) is 2.95. The third kappa shape index (κ3) is 2.77. The summed E-state index contributed by atoms with van der Waals surface area (Å²) in [6.45, 7) is 1.97. The quantitative estimate of drug-likeness (QED) is 0.839. The highest BCUT2D eigenvalue weighted by atomic mass is 19.1. The number of nitrogen functional groups attached to an aromatic ring is 1. The van der Waals surface area contributed by atoms with Crippen molar-refractivity contribution in [1.82, 2.24) is 0 Å². The molecular formula is C15H17FN2O2. The number of nitrogens with two attached hydrogens (primary N) is 1. The Morgan fingerprint density at radius 3 is 2.35 bits per heavy atom. The molecule has 3 N–H and O–H groups in total. The van der Waals surface area contributed by atoms with E-state index in [-0.39, 0.29) is 5.75 Å². The van der Waals surface area contributed by atoms with Gasteiger partial charge in [-0.05, 0) is 24.6 Å². The molecule has 0 spiro atoms. The zero-order chi connectivity index (χ0) is 14.7. The Hall–Kier alpha value is -2.43. The Morgan fingerprint density at radius 2 is 1.70 bits per heavy atom. The van der Waals surface area contributed by atoms with E-state index in [1.54, 1.807) is 7.11 Å². The molecule has 0 aliphatic heterocycles. The van der Waals surface area contributed by atoms with E-state index in [0.717, 1.165) is 11.3 Å². The summed E-state index contributed by atoms with van der Waals surface area (Å²) in [6, 6.07) is 8.47. The fourth-order valence-corrected chi connectivity index (χ4v) is 1.90. The standard InChI is InChI=1S/C15H17FN2O2/c1-9-4-5-14(19-2)13(6-9)18-12-8-15(20-3)10(16)7-11(12)17/h4-8,18H,17H2,1-3H3. The molecule has 0 aromatic heterocycles. The number of hydrogen-bond acceptors (Lipinski definition) is 4. The van der Waals surface area contributed by atoms with Crippen LogP contribution in [0.2, 0.25) is 0 Å². The molecule has 0 saturated carbocycles. The van der Waals surface area contributed by atoms with Gasteiger partial charge in [0.25, 0.3) is 0 Å². The number of aryl methyl sites for hydroxylation is 1. The molecule has 0 bridgehead atoms. The Labute approximate surface area is 117 Å². The second kappa shape index (κ2) is 5.69. The van der Waals surface area contributed by atoms with Gasteiger partial charge in [0.15, 0.2) is 11.6 Å². The molecule has 0 heterocycles. The minimum Gasteiger partial charge on any atom is -0.495 e. The third-order valence-corrected chi connectivity index (χ3v) is 2.95. The summed E-state index contributed by atoms with van der Waals surface area (Å²) in [5.74, 6) is 0.318. The number of methoxy groups -OCH3 is 2. The van der Waals surface area contributed by atoms with Gasteiger partial charge < -0.3 is 20.5 Å². The van der Waals surface area contributed by atoms with Gasteiger partial charge >= 0.3 is 0 Å². The van der Waals surface area contributed by atoms with Gasteiger partial charge in [-0.1, -0.05) is 6.07 Å². The van der Waals surface area contributed by atoms with E-state index in [1.807, 2.05) is 25.1 Å². The molecule has 0 amide bonds. The van der Waals surface area contributed by atoms with Crippen LogP contribution in [0.15, 0.2) is 30.3 Å². The Bertz CT molecular complexity index is 630. The molecule has 2 rings (SSSR count). The molecule has 4 nitrogen and oxygen atoms in total. The summed E-state index contributed by atoms with van der Waals surface area (Å²) in [4.78, 5) is 0. The van der Waals surface area contributed by atoms with Crippen molar-refractivity contribution in [2.45, 2.75) is 6.92 Å². The van der Waals surface area contributed by atoms with Crippen LogP contribution in [-0.4, -0.2) is 14.2 Å². The SMILES string of the molecule is COc1cc(Nc2cc(C)ccc2OC)c(N)cc1F. The Balaban J connectivity index is 2.41. The van der Waals surface area contributed by atoms with E-state index in [4.69, 9.17) is 15.2 Å². The van der Waals surface area contributed by atoms with Crippen molar-refractivity contribution in [3.8, 4) is 11.5 Å². The highest BCUT2D eigenvalue weighted by Gasteiger charge is 2.10. The lowest BCUT2D eigenvalue weighted by Gasteiger charge is -2.15. The molecule has 106 valence electrons. The van der Waals surface area contributed by atoms with Gasteiger partial charge in [0, 0.05) is 12.1 Å². The molecule has 0 aliphatic carbocycles. The summed E-state index contributed by atoms with van der Waals surface area (Å²) < 4.78 is 23.8. The molecular weight excluding hydrogens is 259 g/mol. The lowest BCUT2D eigenvalue weighted by molar-refractivity contribution is 0.387. The number of rotatable bonds is 4. The van der Waals surface area contributed by atoms with Gasteiger partial charge in [0.05, 0.1) is 31.3 Å². The van der Waals surface area contributed by atoms with Crippen molar-refractivity contribution < 1.29 is 13.9 Å². The highest BCUT2D eigenvalue weighted by molar-refractivity contribution is 5.77. The average Bonchev–Trinajstić information content (AvgIpc) is 2.42. The maximum Gasteiger partial charge on any atom is 0.167 e. The molecule has 20 heavy (non-hydrogen) atoms. The monoisotopic (exact) mass is 276 g/mol. The lowest BCUT2D eigenvalue weighted by atomic mass is 10.2. The van der Waals surface area contributed by atoms with E-state index in [0.29, 0.717) is 17.1 Å². The van der Waals surface area contributed by atoms with Crippen LogP contribution in [0.1, 0.15) is 5.56 Å². The summed E-state index contributed by atoms with van der Waals surface area (Å²) >= 11 is 0. The fraction of sp³-hybridized carbons (Fsp3) is 0.200. The molecule has 0 aliphatic rings. The number of nitrogens with one attached hydrogen (secondary N) is 1. The van der Waals surface area contributed by atoms with E-state index in [2.05, 4.69) is 5.32 Å². The average molecular weight is 276 g/mol. The predicted octanol–water partition coefficient (Wildman–Crippen LogP) is 3.48. The summed E-state index contributed by atoms with van der Waals surface area (Å²) in [5, 5.41) is 3.14. The van der Waals surface area contributed by atoms with Crippen LogP contribution in [0.25, 0.3) is 0 Å². The van der Waals surface area contributed by atoms with Crippen molar-refractivity contribution in [2.75, 3.05) is 25.3 Å². The largest absolute Gasteiger partial charge is 0.495 e. The van der Waals surface area contributed by atoms with Gasteiger partial charge in [-0.2, -0.15) is 0 Å². The lowest BCUT2D eigenvalue weighted by Crippen LogP contribution is -2.01. The Morgan fingerprint density at radius 1 is 1.00 bits per heavy atom. The minimum absolute atomic E-state index is 0.133. The van der Waals surface area contributed by atoms with Gasteiger partial charge in [0.1, 0.15) is 5.75 Å². The smallest absolute Gasteiger partial charge is 0.167 e. The van der Waals surface area contributed by atoms with Crippen LogP contribution >= 0.6 is 0 Å². The van der Waals surface area contributed by atoms with Crippen LogP contribution < -0.4 is 20.5 Å².